The van der Waals surface area contributed by atoms with E-state index in [0.717, 1.165) is 0 Å². The summed E-state index contributed by atoms with van der Waals surface area (Å²) in [5.74, 6) is -2.91. The monoisotopic (exact) mass is 320 g/mol. The zero-order valence-electron chi connectivity index (χ0n) is 32.6. The minimum Gasteiger partial charge on any atom is -0.436 e. The number of carbonyl (C=O) groups excluding carboxylic acids is 2. The van der Waals surface area contributed by atoms with E-state index in [1.165, 1.54) is 0 Å². The molecule has 0 saturated carbocycles. The predicted molar refractivity (Wildman–Crippen MR) is 79.4 cm³/mol. The summed E-state index contributed by atoms with van der Waals surface area (Å²) in [6, 6.07) is -6.59. The summed E-state index contributed by atoms with van der Waals surface area (Å²) < 4.78 is 183. The molecule has 2 N–H and O–H groups in total. The number of ether oxygens (including phenoxy) is 2. The van der Waals surface area contributed by atoms with Crippen LogP contribution in [0.3, 0.4) is 0 Å². The highest BCUT2D eigenvalue weighted by atomic mass is 16.6. The van der Waals surface area contributed by atoms with E-state index in [2.05, 4.69) is 9.47 Å². The number of primary amides is 1. The Hall–Kier alpha value is -1.56. The van der Waals surface area contributed by atoms with Crippen LogP contribution in [0.15, 0.2) is 12.6 Å². The number of nitrogens with zero attached hydrogens (tertiary/aromatic N) is 1. The van der Waals surface area contributed by atoms with Gasteiger partial charge in [-0.3, -0.25) is 4.79 Å². The fraction of sp³-hybridized carbons (Fsp3) is 0.733. The Morgan fingerprint density at radius 2 is 2.86 bits per heavy atom. The van der Waals surface area contributed by atoms with Gasteiger partial charge in [-0.25, -0.2) is 4.79 Å². The SMILES string of the molecule is [2H]C([2H])=C([2H])C([2H])([2H])[C@]1([2H])N(C(=O)C([2H])(OC(=O)N([2H])[2H])C(C)(C([2H])[2H])C([2H])([2H])[2H])C(C([2H])([2H])[2H])(C([2H])([2H])[2H])OC1([2H])[2H]. The summed E-state index contributed by atoms with van der Waals surface area (Å²) in [6.45, 7) is -21.8. The van der Waals surface area contributed by atoms with E-state index in [0.29, 0.717) is 0 Å². The molecule has 0 aliphatic carbocycles. The van der Waals surface area contributed by atoms with Gasteiger partial charge in [0.05, 0.1) is 22.2 Å². The van der Waals surface area contributed by atoms with Crippen molar-refractivity contribution in [3.05, 3.63) is 12.6 Å². The lowest BCUT2D eigenvalue weighted by Crippen LogP contribution is -2.55. The highest BCUT2D eigenvalue weighted by Gasteiger charge is 2.48. The van der Waals surface area contributed by atoms with Gasteiger partial charge in [0, 0.05) is 23.2 Å². The summed E-state index contributed by atoms with van der Waals surface area (Å²) in [5, 5.41) is 0. The first-order chi connectivity index (χ1) is 18.6. The number of hydrogen-bond acceptors (Lipinski definition) is 4. The average Bonchev–Trinajstić information content (AvgIpc) is 3.00. The van der Waals surface area contributed by atoms with Gasteiger partial charge < -0.3 is 20.1 Å². The second-order valence-corrected chi connectivity index (χ2v) is 3.99. The highest BCUT2D eigenvalue weighted by Crippen LogP contribution is 2.33. The summed E-state index contributed by atoms with van der Waals surface area (Å²) >= 11 is 0. The number of hydrogen-bond donors (Lipinski definition) is 1. The molecule has 21 heavy (non-hydrogen) atoms. The van der Waals surface area contributed by atoms with Crippen LogP contribution in [-0.4, -0.2) is 41.3 Å². The number of amides is 2. The van der Waals surface area contributed by atoms with Crippen LogP contribution in [0, 0.1) is 5.41 Å². The third-order valence-electron chi connectivity index (χ3n) is 2.07. The van der Waals surface area contributed by atoms with Crippen molar-refractivity contribution in [2.75, 3.05) is 6.56 Å². The van der Waals surface area contributed by atoms with E-state index in [1.807, 2.05) is 0 Å². The number of rotatable bonds is 4. The molecule has 1 aliphatic rings. The zero-order chi connectivity index (χ0) is 35.0. The first kappa shape index (κ1) is 3.85. The third-order valence-corrected chi connectivity index (χ3v) is 2.07. The van der Waals surface area contributed by atoms with E-state index in [4.69, 9.17) is 30.2 Å². The molecular formula is C15H26N2O4. The fourth-order valence-electron chi connectivity index (χ4n) is 1.32. The normalized spacial score (nSPS) is 49.9. The standard InChI is InChI=1S/C15H26N2O4/c1-7-8-10-9-20-15(5,6)17(10)12(18)11(14(2,3)4)21-13(16)19/h7,10-11H,1,8-9H2,2-6H3,(H2,16,19)/t10-,11?/m0/s1/i1D2,2D2,3D3,5D3,6D3,7D,8D2,9D2,10D,11D/hD2/t10-,11?,14?. The minimum atomic E-state index is -4.61. The van der Waals surface area contributed by atoms with Gasteiger partial charge in [-0.15, -0.1) is 6.53 Å². The number of nitrogens with two attached hydrogens (primary N) is 1. The average molecular weight is 321 g/mol. The molecule has 0 radical (unpaired) electrons. The molecule has 1 saturated heterocycles. The van der Waals surface area contributed by atoms with Crippen LogP contribution in [0.2, 0.25) is 2.82 Å². The molecule has 2 unspecified atom stereocenters. The summed E-state index contributed by atoms with van der Waals surface area (Å²) in [4.78, 5) is 25.5. The molecule has 2 amide bonds. The molecule has 1 fully saturated rings. The molecule has 120 valence electrons. The Labute approximate surface area is 157 Å². The summed E-state index contributed by atoms with van der Waals surface area (Å²) in [5.41, 5.74) is -9.36. The Bertz CT molecular complexity index is 1130. The maximum absolute atomic E-state index is 14.4. The number of carbonyl (C=O) groups is 2. The van der Waals surface area contributed by atoms with Gasteiger partial charge in [-0.1, -0.05) is 26.7 Å². The zero-order valence-corrected chi connectivity index (χ0v) is 10.6. The molecule has 6 nitrogen and oxygen atoms in total. The van der Waals surface area contributed by atoms with Crippen molar-refractivity contribution in [1.82, 2.24) is 4.90 Å². The molecule has 0 bridgehead atoms. The first-order valence-corrected chi connectivity index (χ1v) is 5.16. The van der Waals surface area contributed by atoms with Gasteiger partial charge in [0.25, 0.3) is 5.91 Å². The quantitative estimate of drug-likeness (QED) is 0.804. The van der Waals surface area contributed by atoms with Crippen molar-refractivity contribution >= 4 is 12.0 Å². The van der Waals surface area contributed by atoms with Crippen molar-refractivity contribution in [1.29, 1.82) is 0 Å². The molecule has 0 aromatic carbocycles. The first-order valence-electron chi connectivity index (χ1n) is 16.2. The molecule has 0 aromatic heterocycles. The lowest BCUT2D eigenvalue weighted by molar-refractivity contribution is -0.160. The van der Waals surface area contributed by atoms with Gasteiger partial charge in [0.15, 0.2) is 8.90 Å². The van der Waals surface area contributed by atoms with Crippen molar-refractivity contribution in [3.63, 3.8) is 0 Å². The van der Waals surface area contributed by atoms with Crippen LogP contribution in [0.5, 0.6) is 0 Å². The van der Waals surface area contributed by atoms with Gasteiger partial charge in [-0.2, -0.15) is 0 Å². The van der Waals surface area contributed by atoms with Crippen molar-refractivity contribution < 1.29 is 49.3 Å². The van der Waals surface area contributed by atoms with E-state index in [9.17, 15) is 9.59 Å². The van der Waals surface area contributed by atoms with Crippen molar-refractivity contribution in [2.24, 2.45) is 11.1 Å². The molecule has 3 atom stereocenters. The third kappa shape index (κ3) is 3.97. The van der Waals surface area contributed by atoms with E-state index < -0.39 is 98.8 Å². The minimum absolute atomic E-state index is 0.237. The Morgan fingerprint density at radius 3 is 3.43 bits per heavy atom. The lowest BCUT2D eigenvalue weighted by atomic mass is 9.87. The lowest BCUT2D eigenvalue weighted by Gasteiger charge is -2.39. The fourth-order valence-corrected chi connectivity index (χ4v) is 1.32. The predicted octanol–water partition coefficient (Wildman–Crippen LogP) is 2.04. The van der Waals surface area contributed by atoms with Gasteiger partial charge in [-0.05, 0) is 20.1 Å². The van der Waals surface area contributed by atoms with Crippen LogP contribution in [-0.2, 0) is 14.3 Å². The Morgan fingerprint density at radius 1 is 2.05 bits per heavy atom. The topological polar surface area (TPSA) is 81.9 Å². The molecular weight excluding hydrogens is 272 g/mol. The molecule has 1 aliphatic heterocycles. The van der Waals surface area contributed by atoms with Crippen LogP contribution in [0.1, 0.15) is 68.1 Å². The van der Waals surface area contributed by atoms with Gasteiger partial charge in [0.1, 0.15) is 5.72 Å². The maximum Gasteiger partial charge on any atom is 0.405 e. The summed E-state index contributed by atoms with van der Waals surface area (Å²) in [7, 11) is 0. The molecule has 0 spiro atoms. The Kier molecular flexibility index (Phi) is 1.11. The smallest absolute Gasteiger partial charge is 0.405 e. The highest BCUT2D eigenvalue weighted by molar-refractivity contribution is 5.85. The molecule has 1 heterocycles. The molecule has 0 aromatic rings. The van der Waals surface area contributed by atoms with Gasteiger partial charge >= 0.3 is 6.09 Å². The van der Waals surface area contributed by atoms with Crippen molar-refractivity contribution in [2.45, 2.75) is 58.6 Å². The van der Waals surface area contributed by atoms with Crippen LogP contribution in [0.25, 0.3) is 0 Å². The second kappa shape index (κ2) is 6.05. The van der Waals surface area contributed by atoms with Crippen LogP contribution in [0.4, 0.5) is 4.79 Å². The van der Waals surface area contributed by atoms with E-state index >= 15 is 0 Å². The molecule has 1 rings (SSSR count). The second-order valence-electron chi connectivity index (χ2n) is 3.99. The van der Waals surface area contributed by atoms with Crippen LogP contribution >= 0.6 is 0 Å². The van der Waals surface area contributed by atoms with Gasteiger partial charge in [0.2, 0.25) is 0 Å². The van der Waals surface area contributed by atoms with E-state index in [1.54, 1.807) is 0 Å². The van der Waals surface area contributed by atoms with Crippen LogP contribution < -0.4 is 5.72 Å². The summed E-state index contributed by atoms with van der Waals surface area (Å²) in [6.07, 6.45) is -11.4. The maximum atomic E-state index is 14.4. The molecule has 6 heteroatoms. The Balaban J connectivity index is 4.71. The van der Waals surface area contributed by atoms with E-state index in [-0.39, 0.29) is 6.92 Å². The van der Waals surface area contributed by atoms with Crippen molar-refractivity contribution in [3.8, 4) is 0 Å². The largest absolute Gasteiger partial charge is 0.436 e.